The van der Waals surface area contributed by atoms with Crippen molar-refractivity contribution in [2.75, 3.05) is 19.0 Å². The second-order valence-electron chi connectivity index (χ2n) is 7.20. The van der Waals surface area contributed by atoms with Crippen LogP contribution in [0.2, 0.25) is 0 Å². The Morgan fingerprint density at radius 3 is 2.59 bits per heavy atom. The van der Waals surface area contributed by atoms with Crippen molar-refractivity contribution in [3.05, 3.63) is 77.9 Å². The van der Waals surface area contributed by atoms with Crippen LogP contribution in [0.15, 0.2) is 61.2 Å². The van der Waals surface area contributed by atoms with Crippen LogP contribution in [0.5, 0.6) is 5.75 Å². The van der Waals surface area contributed by atoms with Crippen LogP contribution in [0, 0.1) is 13.8 Å². The number of imidazole rings is 1. The number of methoxy groups -OCH3 is 1. The Morgan fingerprint density at radius 1 is 1.14 bits per heavy atom. The molecule has 2 aromatic carbocycles. The number of ether oxygens (including phenoxy) is 1. The minimum absolute atomic E-state index is 0.693. The van der Waals surface area contributed by atoms with E-state index < -0.39 is 0 Å². The monoisotopic (exact) mass is 408 g/mol. The molecule has 0 atom stereocenters. The molecule has 0 aliphatic rings. The number of anilines is 1. The third-order valence-electron chi connectivity index (χ3n) is 4.78. The predicted octanol–water partition coefficient (Wildman–Crippen LogP) is 4.80. The Morgan fingerprint density at radius 2 is 1.90 bits per heavy atom. The highest BCUT2D eigenvalue weighted by atomic mass is 32.1. The van der Waals surface area contributed by atoms with Crippen LogP contribution in [-0.2, 0) is 13.1 Å². The van der Waals surface area contributed by atoms with E-state index in [2.05, 4.69) is 57.0 Å². The van der Waals surface area contributed by atoms with Crippen LogP contribution in [-0.4, -0.2) is 33.2 Å². The zero-order valence-corrected chi connectivity index (χ0v) is 18.1. The van der Waals surface area contributed by atoms with E-state index in [1.807, 2.05) is 31.6 Å². The Kier molecular flexibility index (Phi) is 7.25. The minimum atomic E-state index is 0.693. The fraction of sp³-hybridized carbons (Fsp3) is 0.304. The lowest BCUT2D eigenvalue weighted by Gasteiger charge is -2.27. The van der Waals surface area contributed by atoms with Gasteiger partial charge >= 0.3 is 0 Å². The molecule has 3 aromatic rings. The first-order valence-corrected chi connectivity index (χ1v) is 10.2. The number of hydrogen-bond acceptors (Lipinski definition) is 3. The molecule has 0 spiro atoms. The number of benzene rings is 2. The average Bonchev–Trinajstić information content (AvgIpc) is 3.23. The molecule has 1 aromatic heterocycles. The molecule has 6 heteroatoms. The quantitative estimate of drug-likeness (QED) is 0.543. The summed E-state index contributed by atoms with van der Waals surface area (Å²) in [6, 6.07) is 14.7. The minimum Gasteiger partial charge on any atom is -0.495 e. The maximum atomic E-state index is 5.78. The van der Waals surface area contributed by atoms with Crippen molar-refractivity contribution in [2.45, 2.75) is 33.4 Å². The standard InChI is InChI=1S/C23H28N4OS/c1-18-5-8-20(9-6-18)16-27(13-4-12-26-14-11-24-17-26)23(29)25-21-10-7-19(2)15-22(21)28-3/h5-11,14-15,17H,4,12-13,16H2,1-3H3,(H,25,29). The summed E-state index contributed by atoms with van der Waals surface area (Å²) in [4.78, 5) is 6.31. The summed E-state index contributed by atoms with van der Waals surface area (Å²) in [5, 5.41) is 4.07. The molecule has 0 unspecified atom stereocenters. The smallest absolute Gasteiger partial charge is 0.173 e. The molecule has 0 saturated heterocycles. The second kappa shape index (κ2) is 10.1. The molecule has 0 fully saturated rings. The summed E-state index contributed by atoms with van der Waals surface area (Å²) in [6.45, 7) is 6.64. The third kappa shape index (κ3) is 6.06. The number of hydrogen-bond donors (Lipinski definition) is 1. The molecule has 3 rings (SSSR count). The van der Waals surface area contributed by atoms with Gasteiger partial charge in [0.25, 0.3) is 0 Å². The number of nitrogens with one attached hydrogen (secondary N) is 1. The second-order valence-corrected chi connectivity index (χ2v) is 7.58. The Labute approximate surface area is 178 Å². The van der Waals surface area contributed by atoms with Gasteiger partial charge in [-0.3, -0.25) is 0 Å². The number of aryl methyl sites for hydroxylation is 3. The molecular weight excluding hydrogens is 380 g/mol. The van der Waals surface area contributed by atoms with Gasteiger partial charge in [-0.05, 0) is 55.7 Å². The van der Waals surface area contributed by atoms with Gasteiger partial charge in [-0.25, -0.2) is 4.98 Å². The first kappa shape index (κ1) is 20.9. The molecule has 0 saturated carbocycles. The van der Waals surface area contributed by atoms with Gasteiger partial charge in [0.15, 0.2) is 5.11 Å². The van der Waals surface area contributed by atoms with Crippen molar-refractivity contribution < 1.29 is 4.74 Å². The van der Waals surface area contributed by atoms with E-state index >= 15 is 0 Å². The number of aromatic nitrogens is 2. The van der Waals surface area contributed by atoms with Gasteiger partial charge in [0.05, 0.1) is 19.1 Å². The molecule has 0 radical (unpaired) electrons. The first-order chi connectivity index (χ1) is 14.0. The summed E-state index contributed by atoms with van der Waals surface area (Å²) in [5.41, 5.74) is 4.52. The van der Waals surface area contributed by atoms with Gasteiger partial charge in [-0.15, -0.1) is 0 Å². The lowest BCUT2D eigenvalue weighted by Crippen LogP contribution is -2.35. The molecule has 0 aliphatic heterocycles. The Bertz CT molecular complexity index is 923. The van der Waals surface area contributed by atoms with Gasteiger partial charge < -0.3 is 19.5 Å². The summed E-state index contributed by atoms with van der Waals surface area (Å²) in [6.07, 6.45) is 6.60. The maximum absolute atomic E-state index is 5.78. The van der Waals surface area contributed by atoms with E-state index in [-0.39, 0.29) is 0 Å². The molecule has 0 amide bonds. The number of rotatable bonds is 8. The molecule has 29 heavy (non-hydrogen) atoms. The number of nitrogens with zero attached hydrogens (tertiary/aromatic N) is 3. The van der Waals surface area contributed by atoms with Crippen LogP contribution in [0.1, 0.15) is 23.1 Å². The van der Waals surface area contributed by atoms with Crippen molar-refractivity contribution in [1.82, 2.24) is 14.5 Å². The summed E-state index contributed by atoms with van der Waals surface area (Å²) >= 11 is 5.78. The molecular formula is C23H28N4OS. The van der Waals surface area contributed by atoms with E-state index in [0.29, 0.717) is 5.11 Å². The summed E-state index contributed by atoms with van der Waals surface area (Å²) in [5.74, 6) is 0.793. The normalized spacial score (nSPS) is 10.6. The van der Waals surface area contributed by atoms with E-state index in [1.54, 1.807) is 13.3 Å². The third-order valence-corrected chi connectivity index (χ3v) is 5.14. The Balaban J connectivity index is 1.71. The topological polar surface area (TPSA) is 42.3 Å². The highest BCUT2D eigenvalue weighted by molar-refractivity contribution is 7.80. The zero-order chi connectivity index (χ0) is 20.6. The van der Waals surface area contributed by atoms with Crippen molar-refractivity contribution in [3.63, 3.8) is 0 Å². The highest BCUT2D eigenvalue weighted by Crippen LogP contribution is 2.26. The lowest BCUT2D eigenvalue weighted by molar-refractivity contribution is 0.395. The molecule has 0 bridgehead atoms. The van der Waals surface area contributed by atoms with Gasteiger partial charge in [0, 0.05) is 32.0 Å². The van der Waals surface area contributed by atoms with E-state index in [9.17, 15) is 0 Å². The molecule has 5 nitrogen and oxygen atoms in total. The van der Waals surface area contributed by atoms with E-state index in [0.717, 1.165) is 43.1 Å². The van der Waals surface area contributed by atoms with E-state index in [4.69, 9.17) is 17.0 Å². The van der Waals surface area contributed by atoms with Gasteiger partial charge in [0.1, 0.15) is 5.75 Å². The largest absolute Gasteiger partial charge is 0.495 e. The fourth-order valence-corrected chi connectivity index (χ4v) is 3.39. The SMILES string of the molecule is COc1cc(C)ccc1NC(=S)N(CCCn1ccnc1)Cc1ccc(C)cc1. The molecule has 0 aliphatic carbocycles. The van der Waals surface area contributed by atoms with Crippen LogP contribution in [0.4, 0.5) is 5.69 Å². The lowest BCUT2D eigenvalue weighted by atomic mass is 10.1. The van der Waals surface area contributed by atoms with Crippen molar-refractivity contribution in [1.29, 1.82) is 0 Å². The fourth-order valence-electron chi connectivity index (χ4n) is 3.13. The van der Waals surface area contributed by atoms with Gasteiger partial charge in [-0.2, -0.15) is 0 Å². The zero-order valence-electron chi connectivity index (χ0n) is 17.3. The molecule has 1 N–H and O–H groups in total. The maximum Gasteiger partial charge on any atom is 0.173 e. The van der Waals surface area contributed by atoms with Crippen molar-refractivity contribution >= 4 is 23.0 Å². The summed E-state index contributed by atoms with van der Waals surface area (Å²) in [7, 11) is 1.68. The van der Waals surface area contributed by atoms with Crippen LogP contribution >= 0.6 is 12.2 Å². The highest BCUT2D eigenvalue weighted by Gasteiger charge is 2.13. The Hall–Kier alpha value is -2.86. The van der Waals surface area contributed by atoms with Crippen molar-refractivity contribution in [2.24, 2.45) is 0 Å². The molecule has 1 heterocycles. The average molecular weight is 409 g/mol. The predicted molar refractivity (Wildman–Crippen MR) is 122 cm³/mol. The van der Waals surface area contributed by atoms with Gasteiger partial charge in [0.2, 0.25) is 0 Å². The van der Waals surface area contributed by atoms with Crippen molar-refractivity contribution in [3.8, 4) is 5.75 Å². The van der Waals surface area contributed by atoms with E-state index in [1.165, 1.54) is 11.1 Å². The van der Waals surface area contributed by atoms with Crippen LogP contribution in [0.3, 0.4) is 0 Å². The van der Waals surface area contributed by atoms with Gasteiger partial charge in [-0.1, -0.05) is 35.9 Å². The summed E-state index contributed by atoms with van der Waals surface area (Å²) < 4.78 is 7.60. The van der Waals surface area contributed by atoms with Crippen LogP contribution in [0.25, 0.3) is 0 Å². The number of thiocarbonyl (C=S) groups is 1. The van der Waals surface area contributed by atoms with Crippen LogP contribution < -0.4 is 10.1 Å². The molecule has 152 valence electrons. The first-order valence-electron chi connectivity index (χ1n) is 9.77.